The summed E-state index contributed by atoms with van der Waals surface area (Å²) in [5.41, 5.74) is 5.35. The van der Waals surface area contributed by atoms with Gasteiger partial charge in [-0.25, -0.2) is 8.42 Å². The van der Waals surface area contributed by atoms with Gasteiger partial charge in [-0.1, -0.05) is 12.1 Å². The van der Waals surface area contributed by atoms with Crippen LogP contribution in [0.2, 0.25) is 0 Å². The summed E-state index contributed by atoms with van der Waals surface area (Å²) in [6.07, 6.45) is 1.78. The molecule has 0 radical (unpaired) electrons. The number of rotatable bonds is 7. The maximum Gasteiger partial charge on any atom is 0.153 e. The standard InChI is InChI=1S/C8H19N3O3S/c1-3-11(7-8(9)10-12)5-4-6-15(2,13)14/h12H,3-7H2,1-2H3,(H2,9,10). The summed E-state index contributed by atoms with van der Waals surface area (Å²) in [7, 11) is -2.90. The van der Waals surface area contributed by atoms with Gasteiger partial charge in [0, 0.05) is 6.26 Å². The van der Waals surface area contributed by atoms with E-state index in [1.165, 1.54) is 6.26 Å². The van der Waals surface area contributed by atoms with Crippen LogP contribution in [0.3, 0.4) is 0 Å². The van der Waals surface area contributed by atoms with Gasteiger partial charge in [0.2, 0.25) is 0 Å². The minimum absolute atomic E-state index is 0.135. The van der Waals surface area contributed by atoms with E-state index in [1.54, 1.807) is 0 Å². The molecule has 6 nitrogen and oxygen atoms in total. The minimum Gasteiger partial charge on any atom is -0.409 e. The molecule has 0 aromatic carbocycles. The lowest BCUT2D eigenvalue weighted by atomic mass is 10.4. The van der Waals surface area contributed by atoms with Gasteiger partial charge in [-0.3, -0.25) is 4.90 Å². The van der Waals surface area contributed by atoms with Crippen LogP contribution in [0.1, 0.15) is 13.3 Å². The zero-order chi connectivity index (χ0) is 11.9. The molecule has 0 bridgehead atoms. The zero-order valence-corrected chi connectivity index (χ0v) is 10.00. The quantitative estimate of drug-likeness (QED) is 0.269. The summed E-state index contributed by atoms with van der Waals surface area (Å²) in [6, 6.07) is 0. The van der Waals surface area contributed by atoms with Gasteiger partial charge in [-0.15, -0.1) is 0 Å². The van der Waals surface area contributed by atoms with Crippen LogP contribution in [-0.4, -0.2) is 56.0 Å². The first-order valence-corrected chi connectivity index (χ1v) is 6.81. The first-order valence-electron chi connectivity index (χ1n) is 4.75. The second-order valence-corrected chi connectivity index (χ2v) is 5.70. The van der Waals surface area contributed by atoms with Crippen molar-refractivity contribution in [3.63, 3.8) is 0 Å². The van der Waals surface area contributed by atoms with Crippen molar-refractivity contribution >= 4 is 15.7 Å². The lowest BCUT2D eigenvalue weighted by Crippen LogP contribution is -2.35. The molecule has 0 unspecified atom stereocenters. The molecule has 0 aliphatic carbocycles. The van der Waals surface area contributed by atoms with E-state index < -0.39 is 9.84 Å². The normalized spacial score (nSPS) is 13.4. The molecule has 0 heterocycles. The third kappa shape index (κ3) is 8.19. The van der Waals surface area contributed by atoms with Gasteiger partial charge in [-0.05, 0) is 19.5 Å². The second-order valence-electron chi connectivity index (χ2n) is 3.44. The highest BCUT2D eigenvalue weighted by Gasteiger charge is 2.07. The van der Waals surface area contributed by atoms with E-state index in [0.717, 1.165) is 6.54 Å². The van der Waals surface area contributed by atoms with Crippen LogP contribution in [0.4, 0.5) is 0 Å². The first-order chi connectivity index (χ1) is 6.89. The lowest BCUT2D eigenvalue weighted by Gasteiger charge is -2.18. The highest BCUT2D eigenvalue weighted by molar-refractivity contribution is 7.90. The van der Waals surface area contributed by atoms with Crippen molar-refractivity contribution in [1.29, 1.82) is 0 Å². The third-order valence-electron chi connectivity index (χ3n) is 1.95. The smallest absolute Gasteiger partial charge is 0.153 e. The van der Waals surface area contributed by atoms with Gasteiger partial charge < -0.3 is 10.9 Å². The Balaban J connectivity index is 3.91. The minimum atomic E-state index is -2.90. The average Bonchev–Trinajstić information content (AvgIpc) is 2.14. The largest absolute Gasteiger partial charge is 0.409 e. The van der Waals surface area contributed by atoms with E-state index in [2.05, 4.69) is 5.16 Å². The summed E-state index contributed by atoms with van der Waals surface area (Å²) < 4.78 is 21.7. The van der Waals surface area contributed by atoms with Crippen LogP contribution in [0.15, 0.2) is 5.16 Å². The molecule has 0 aliphatic rings. The summed E-state index contributed by atoms with van der Waals surface area (Å²) in [6.45, 7) is 3.65. The van der Waals surface area contributed by atoms with Gasteiger partial charge in [0.1, 0.15) is 9.84 Å². The molecule has 0 aromatic rings. The molecule has 90 valence electrons. The van der Waals surface area contributed by atoms with E-state index in [-0.39, 0.29) is 11.6 Å². The summed E-state index contributed by atoms with van der Waals surface area (Å²) in [4.78, 5) is 1.92. The number of nitrogens with zero attached hydrogens (tertiary/aromatic N) is 2. The fourth-order valence-electron chi connectivity index (χ4n) is 1.16. The fourth-order valence-corrected chi connectivity index (χ4v) is 1.81. The van der Waals surface area contributed by atoms with Crippen molar-refractivity contribution in [2.75, 3.05) is 31.6 Å². The van der Waals surface area contributed by atoms with Crippen LogP contribution >= 0.6 is 0 Å². The summed E-state index contributed by atoms with van der Waals surface area (Å²) in [5.74, 6) is 0.302. The van der Waals surface area contributed by atoms with Gasteiger partial charge in [-0.2, -0.15) is 0 Å². The lowest BCUT2D eigenvalue weighted by molar-refractivity contribution is 0.299. The van der Waals surface area contributed by atoms with Crippen LogP contribution in [0.25, 0.3) is 0 Å². The number of likely N-dealkylation sites (N-methyl/N-ethyl adjacent to an activating group) is 1. The summed E-state index contributed by atoms with van der Waals surface area (Å²) in [5, 5.41) is 11.2. The van der Waals surface area contributed by atoms with Gasteiger partial charge in [0.05, 0.1) is 12.3 Å². The van der Waals surface area contributed by atoms with Crippen LogP contribution in [0.5, 0.6) is 0 Å². The molecule has 0 aliphatic heterocycles. The summed E-state index contributed by atoms with van der Waals surface area (Å²) >= 11 is 0. The first kappa shape index (κ1) is 14.2. The Morgan fingerprint density at radius 3 is 2.53 bits per heavy atom. The van der Waals surface area contributed by atoms with Gasteiger partial charge in [0.25, 0.3) is 0 Å². The maximum atomic E-state index is 10.9. The van der Waals surface area contributed by atoms with Crippen LogP contribution in [-0.2, 0) is 9.84 Å². The molecule has 0 atom stereocenters. The highest BCUT2D eigenvalue weighted by Crippen LogP contribution is 1.94. The Labute approximate surface area is 90.7 Å². The molecule has 0 rings (SSSR count). The van der Waals surface area contributed by atoms with Gasteiger partial charge >= 0.3 is 0 Å². The van der Waals surface area contributed by atoms with E-state index >= 15 is 0 Å². The SMILES string of the molecule is CCN(CCCS(C)(=O)=O)CC(N)=NO. The van der Waals surface area contributed by atoms with Crippen molar-refractivity contribution in [2.24, 2.45) is 10.9 Å². The Hall–Kier alpha value is -0.820. The Kier molecular flexibility index (Phi) is 6.26. The second kappa shape index (κ2) is 6.62. The Bertz CT molecular complexity index is 300. The van der Waals surface area contributed by atoms with E-state index in [9.17, 15) is 8.42 Å². The average molecular weight is 237 g/mol. The monoisotopic (exact) mass is 237 g/mol. The molecule has 0 saturated carbocycles. The number of hydrogen-bond donors (Lipinski definition) is 2. The maximum absolute atomic E-state index is 10.9. The Morgan fingerprint density at radius 1 is 1.53 bits per heavy atom. The van der Waals surface area contributed by atoms with E-state index in [0.29, 0.717) is 19.5 Å². The number of sulfone groups is 1. The topological polar surface area (TPSA) is 96.0 Å². The van der Waals surface area contributed by atoms with Crippen molar-refractivity contribution in [2.45, 2.75) is 13.3 Å². The van der Waals surface area contributed by atoms with Crippen molar-refractivity contribution in [1.82, 2.24) is 4.90 Å². The molecule has 0 fully saturated rings. The van der Waals surface area contributed by atoms with Crippen molar-refractivity contribution in [3.05, 3.63) is 0 Å². The molecular formula is C8H19N3O3S. The van der Waals surface area contributed by atoms with E-state index in [4.69, 9.17) is 10.9 Å². The zero-order valence-electron chi connectivity index (χ0n) is 9.18. The third-order valence-corrected chi connectivity index (χ3v) is 2.98. The predicted octanol–water partition coefficient (Wildman–Crippen LogP) is -0.511. The number of amidine groups is 1. The molecule has 15 heavy (non-hydrogen) atoms. The molecule has 7 heteroatoms. The van der Waals surface area contributed by atoms with E-state index in [1.807, 2.05) is 11.8 Å². The molecule has 0 saturated heterocycles. The highest BCUT2D eigenvalue weighted by atomic mass is 32.2. The number of hydrogen-bond acceptors (Lipinski definition) is 5. The van der Waals surface area contributed by atoms with Crippen molar-refractivity contribution in [3.8, 4) is 0 Å². The molecule has 0 amide bonds. The molecular weight excluding hydrogens is 218 g/mol. The molecule has 0 aromatic heterocycles. The van der Waals surface area contributed by atoms with Crippen LogP contribution < -0.4 is 5.73 Å². The Morgan fingerprint density at radius 2 is 2.13 bits per heavy atom. The van der Waals surface area contributed by atoms with Crippen molar-refractivity contribution < 1.29 is 13.6 Å². The van der Waals surface area contributed by atoms with Gasteiger partial charge in [0.15, 0.2) is 5.84 Å². The van der Waals surface area contributed by atoms with Crippen LogP contribution in [0, 0.1) is 0 Å². The number of oxime groups is 1. The predicted molar refractivity (Wildman–Crippen MR) is 59.9 cm³/mol. The molecule has 3 N–H and O–H groups in total. The fraction of sp³-hybridized carbons (Fsp3) is 0.875. The number of nitrogens with two attached hydrogens (primary N) is 1. The molecule has 0 spiro atoms.